The van der Waals surface area contributed by atoms with Gasteiger partial charge in [0.05, 0.1) is 50.5 Å². The van der Waals surface area contributed by atoms with Crippen molar-refractivity contribution in [3.05, 3.63) is 215 Å². The van der Waals surface area contributed by atoms with Crippen molar-refractivity contribution >= 4 is 43.6 Å². The minimum absolute atomic E-state index is 0.102. The Morgan fingerprint density at radius 1 is 0.400 bits per heavy atom. The molecule has 0 amide bonds. The lowest BCUT2D eigenvalue weighted by Gasteiger charge is -2.19. The molecule has 0 radical (unpaired) electrons. The average molecular weight is 930 g/mol. The standard InChI is InChI=1S/C61H41F6N3/c1-35-13-20-47(54(28-35)61(65,66)67)41-17-23-57-51(32-41)48-9-5-7-11-55(48)69(57)45-19-14-42(34-68)50(33-45)53-30-39(43-26-36(2)25-37(3)27-43)15-22-59(53)70-56-12-8-6-10-49(56)52-31-40(16-24-58(52)70)46-21-18-44(29-38(46)4)60(62,63)64/h5-33H,1-4H3. The van der Waals surface area contributed by atoms with Crippen molar-refractivity contribution in [2.45, 2.75) is 40.0 Å². The van der Waals surface area contributed by atoms with Crippen LogP contribution in [0, 0.1) is 39.0 Å². The molecule has 3 nitrogen and oxygen atoms in total. The first-order valence-corrected chi connectivity index (χ1v) is 22.8. The average Bonchev–Trinajstić information content (AvgIpc) is 3.85. The topological polar surface area (TPSA) is 33.6 Å². The highest BCUT2D eigenvalue weighted by Gasteiger charge is 2.34. The number of para-hydroxylation sites is 2. The second-order valence-electron chi connectivity index (χ2n) is 18.2. The molecule has 2 heterocycles. The fourth-order valence-electron chi connectivity index (χ4n) is 10.4. The number of benzene rings is 9. The van der Waals surface area contributed by atoms with Crippen LogP contribution in [-0.2, 0) is 12.4 Å². The van der Waals surface area contributed by atoms with E-state index in [-0.39, 0.29) is 5.56 Å². The van der Waals surface area contributed by atoms with Crippen LogP contribution >= 0.6 is 0 Å². The first kappa shape index (κ1) is 44.2. The van der Waals surface area contributed by atoms with Crippen LogP contribution in [0.2, 0.25) is 0 Å². The lowest BCUT2D eigenvalue weighted by atomic mass is 9.93. The minimum atomic E-state index is -4.55. The number of hydrogen-bond acceptors (Lipinski definition) is 1. The van der Waals surface area contributed by atoms with Gasteiger partial charge in [0, 0.05) is 38.4 Å². The summed E-state index contributed by atoms with van der Waals surface area (Å²) in [6, 6.07) is 56.4. The maximum atomic E-state index is 14.5. The van der Waals surface area contributed by atoms with Crippen molar-refractivity contribution in [1.29, 1.82) is 5.26 Å². The number of fused-ring (bicyclic) bond motifs is 6. The summed E-state index contributed by atoms with van der Waals surface area (Å²) in [5.41, 5.74) is 12.7. The highest BCUT2D eigenvalue weighted by Crippen LogP contribution is 2.44. The highest BCUT2D eigenvalue weighted by atomic mass is 19.4. The van der Waals surface area contributed by atoms with E-state index < -0.39 is 23.5 Å². The van der Waals surface area contributed by atoms with Crippen molar-refractivity contribution < 1.29 is 26.3 Å². The molecular formula is C61H41F6N3. The SMILES string of the molecule is Cc1cc(C)cc(-c2ccc(-n3c4ccccc4c4cc(-c5ccc(C(F)(F)F)cc5C)ccc43)c(-c3cc(-n4c5ccccc5c5cc(-c6ccc(C)cc6C(F)(F)F)ccc54)ccc3C#N)c2)c1. The van der Waals surface area contributed by atoms with Gasteiger partial charge < -0.3 is 9.13 Å². The molecule has 9 aromatic carbocycles. The van der Waals surface area contributed by atoms with E-state index >= 15 is 0 Å². The van der Waals surface area contributed by atoms with Gasteiger partial charge >= 0.3 is 12.4 Å². The normalized spacial score (nSPS) is 12.1. The molecule has 70 heavy (non-hydrogen) atoms. The Kier molecular flexibility index (Phi) is 10.4. The largest absolute Gasteiger partial charge is 0.417 e. The molecule has 0 fully saturated rings. The summed E-state index contributed by atoms with van der Waals surface area (Å²) in [5, 5.41) is 14.4. The molecule has 0 atom stereocenters. The van der Waals surface area contributed by atoms with Crippen molar-refractivity contribution in [2.24, 2.45) is 0 Å². The molecule has 0 unspecified atom stereocenters. The molecule has 0 saturated heterocycles. The molecule has 11 aromatic rings. The van der Waals surface area contributed by atoms with Gasteiger partial charge in [-0.2, -0.15) is 31.6 Å². The van der Waals surface area contributed by atoms with Gasteiger partial charge in [0.1, 0.15) is 0 Å². The van der Waals surface area contributed by atoms with Crippen LogP contribution in [0.3, 0.4) is 0 Å². The lowest BCUT2D eigenvalue weighted by Crippen LogP contribution is -2.07. The van der Waals surface area contributed by atoms with Crippen LogP contribution in [0.5, 0.6) is 0 Å². The molecule has 0 aliphatic rings. The highest BCUT2D eigenvalue weighted by molar-refractivity contribution is 6.12. The van der Waals surface area contributed by atoms with Gasteiger partial charge in [-0.25, -0.2) is 0 Å². The summed E-state index contributed by atoms with van der Waals surface area (Å²) < 4.78 is 88.7. The number of aryl methyl sites for hydroxylation is 4. The monoisotopic (exact) mass is 929 g/mol. The Balaban J connectivity index is 1.14. The lowest BCUT2D eigenvalue weighted by molar-refractivity contribution is -0.138. The zero-order valence-electron chi connectivity index (χ0n) is 38.4. The smallest absolute Gasteiger partial charge is 0.309 e. The predicted octanol–water partition coefficient (Wildman–Crippen LogP) is 17.7. The second kappa shape index (κ2) is 16.4. The number of halogens is 6. The number of hydrogen-bond donors (Lipinski definition) is 0. The summed E-state index contributed by atoms with van der Waals surface area (Å²) in [6.45, 7) is 7.47. The first-order valence-electron chi connectivity index (χ1n) is 22.8. The van der Waals surface area contributed by atoms with E-state index in [2.05, 4.69) is 65.4 Å². The zero-order valence-corrected chi connectivity index (χ0v) is 38.4. The fourth-order valence-corrected chi connectivity index (χ4v) is 10.4. The molecule has 9 heteroatoms. The van der Waals surface area contributed by atoms with Gasteiger partial charge in [-0.3, -0.25) is 0 Å². The number of rotatable bonds is 6. The Morgan fingerprint density at radius 3 is 1.61 bits per heavy atom. The molecule has 11 rings (SSSR count). The predicted molar refractivity (Wildman–Crippen MR) is 271 cm³/mol. The third-order valence-electron chi connectivity index (χ3n) is 13.5. The van der Waals surface area contributed by atoms with Crippen LogP contribution in [0.1, 0.15) is 38.9 Å². The molecular weight excluding hydrogens is 889 g/mol. The first-order chi connectivity index (χ1) is 33.5. The third-order valence-corrected chi connectivity index (χ3v) is 13.5. The van der Waals surface area contributed by atoms with Gasteiger partial charge in [0.2, 0.25) is 0 Å². The van der Waals surface area contributed by atoms with Gasteiger partial charge in [-0.05, 0) is 152 Å². The maximum absolute atomic E-state index is 14.5. The summed E-state index contributed by atoms with van der Waals surface area (Å²) in [7, 11) is 0. The molecule has 342 valence electrons. The van der Waals surface area contributed by atoms with E-state index in [4.69, 9.17) is 0 Å². The zero-order chi connectivity index (χ0) is 48.8. The van der Waals surface area contributed by atoms with Gasteiger partial charge in [-0.15, -0.1) is 0 Å². The van der Waals surface area contributed by atoms with Crippen LogP contribution < -0.4 is 0 Å². The van der Waals surface area contributed by atoms with Gasteiger partial charge in [0.15, 0.2) is 0 Å². The molecule has 0 aliphatic heterocycles. The summed E-state index contributed by atoms with van der Waals surface area (Å²) in [6.07, 6.45) is -9.01. The second-order valence-corrected chi connectivity index (χ2v) is 18.2. The van der Waals surface area contributed by atoms with Gasteiger partial charge in [0.25, 0.3) is 0 Å². The van der Waals surface area contributed by atoms with Crippen LogP contribution in [0.25, 0.3) is 99.5 Å². The number of nitrogens with zero attached hydrogens (tertiary/aromatic N) is 3. The van der Waals surface area contributed by atoms with Crippen LogP contribution in [0.4, 0.5) is 26.3 Å². The van der Waals surface area contributed by atoms with E-state index in [0.29, 0.717) is 33.4 Å². The number of alkyl halides is 6. The summed E-state index contributed by atoms with van der Waals surface area (Å²) in [4.78, 5) is 0. The van der Waals surface area contributed by atoms with E-state index in [0.717, 1.165) is 94.4 Å². The molecule has 0 spiro atoms. The van der Waals surface area contributed by atoms with Crippen molar-refractivity contribution in [2.75, 3.05) is 0 Å². The Morgan fingerprint density at radius 2 is 0.986 bits per heavy atom. The van der Waals surface area contributed by atoms with Crippen molar-refractivity contribution in [3.63, 3.8) is 0 Å². The summed E-state index contributed by atoms with van der Waals surface area (Å²) >= 11 is 0. The van der Waals surface area contributed by atoms with Crippen LogP contribution in [0.15, 0.2) is 176 Å². The van der Waals surface area contributed by atoms with E-state index in [1.807, 2.05) is 97.1 Å². The van der Waals surface area contributed by atoms with Crippen LogP contribution in [-0.4, -0.2) is 9.13 Å². The molecule has 0 bridgehead atoms. The van der Waals surface area contributed by atoms with Crippen molar-refractivity contribution in [1.82, 2.24) is 9.13 Å². The Hall–Kier alpha value is -8.35. The molecule has 0 N–H and O–H groups in total. The van der Waals surface area contributed by atoms with E-state index in [9.17, 15) is 31.6 Å². The van der Waals surface area contributed by atoms with E-state index in [1.54, 1.807) is 26.0 Å². The third kappa shape index (κ3) is 7.48. The van der Waals surface area contributed by atoms with Crippen molar-refractivity contribution in [3.8, 4) is 62.0 Å². The number of nitriles is 1. The minimum Gasteiger partial charge on any atom is -0.309 e. The number of aromatic nitrogens is 2. The van der Waals surface area contributed by atoms with Gasteiger partial charge in [-0.1, -0.05) is 108 Å². The molecule has 2 aromatic heterocycles. The maximum Gasteiger partial charge on any atom is 0.417 e. The molecule has 0 saturated carbocycles. The summed E-state index contributed by atoms with van der Waals surface area (Å²) in [5.74, 6) is 0. The Bertz CT molecular complexity index is 3970. The van der Waals surface area contributed by atoms with E-state index in [1.165, 1.54) is 24.3 Å². The quantitative estimate of drug-likeness (QED) is 0.153. The Labute approximate surface area is 399 Å². The molecule has 0 aliphatic carbocycles. The fraction of sp³-hybridized carbons (Fsp3) is 0.0984.